The molecular formula is C20H26ClN3O. The van der Waals surface area contributed by atoms with Crippen molar-refractivity contribution < 1.29 is 5.11 Å². The molecule has 0 bridgehead atoms. The van der Waals surface area contributed by atoms with E-state index in [1.807, 2.05) is 18.2 Å². The second-order valence-electron chi connectivity index (χ2n) is 6.90. The van der Waals surface area contributed by atoms with Crippen LogP contribution in [0.4, 0.5) is 5.82 Å². The van der Waals surface area contributed by atoms with Crippen LogP contribution in [0.25, 0.3) is 10.9 Å². The van der Waals surface area contributed by atoms with Crippen LogP contribution in [0.3, 0.4) is 0 Å². The van der Waals surface area contributed by atoms with Crippen molar-refractivity contribution in [3.05, 3.63) is 47.0 Å². The van der Waals surface area contributed by atoms with Crippen molar-refractivity contribution in [3.8, 4) is 0 Å². The summed E-state index contributed by atoms with van der Waals surface area (Å²) in [6.45, 7) is 8.24. The van der Waals surface area contributed by atoms with Crippen molar-refractivity contribution >= 4 is 28.3 Å². The van der Waals surface area contributed by atoms with E-state index in [0.717, 1.165) is 54.3 Å². The molecule has 5 heteroatoms. The van der Waals surface area contributed by atoms with Crippen LogP contribution in [-0.4, -0.2) is 53.8 Å². The average Bonchev–Trinajstić information content (AvgIpc) is 2.60. The lowest BCUT2D eigenvalue weighted by Crippen LogP contribution is -2.53. The SMILES string of the molecule is CC(C)=CCN1CCN(c2ccc3cc(Cl)ccc3n2)C[C@@H]1CCO. The Balaban J connectivity index is 1.77. The minimum absolute atomic E-state index is 0.216. The molecule has 1 N–H and O–H groups in total. The van der Waals surface area contributed by atoms with Crippen molar-refractivity contribution in [1.82, 2.24) is 9.88 Å². The van der Waals surface area contributed by atoms with Gasteiger partial charge >= 0.3 is 0 Å². The number of halogens is 1. The molecule has 2 heterocycles. The van der Waals surface area contributed by atoms with Crippen LogP contribution in [0.15, 0.2) is 42.0 Å². The molecule has 1 aromatic carbocycles. The second-order valence-corrected chi connectivity index (χ2v) is 7.33. The van der Waals surface area contributed by atoms with E-state index in [9.17, 15) is 5.11 Å². The third-order valence-corrected chi connectivity index (χ3v) is 5.00. The summed E-state index contributed by atoms with van der Waals surface area (Å²) in [6, 6.07) is 10.3. The van der Waals surface area contributed by atoms with Gasteiger partial charge in [0.1, 0.15) is 5.82 Å². The Bertz CT molecular complexity index is 758. The number of aromatic nitrogens is 1. The smallest absolute Gasteiger partial charge is 0.129 e. The quantitative estimate of drug-likeness (QED) is 0.826. The molecule has 0 saturated carbocycles. The summed E-state index contributed by atoms with van der Waals surface area (Å²) in [5.74, 6) is 1.000. The molecule has 1 atom stereocenters. The molecule has 1 saturated heterocycles. The zero-order chi connectivity index (χ0) is 17.8. The fraction of sp³-hybridized carbons (Fsp3) is 0.450. The van der Waals surface area contributed by atoms with Gasteiger partial charge in [-0.1, -0.05) is 23.3 Å². The van der Waals surface area contributed by atoms with Gasteiger partial charge in [0.05, 0.1) is 5.52 Å². The number of aliphatic hydroxyl groups is 1. The summed E-state index contributed by atoms with van der Waals surface area (Å²) < 4.78 is 0. The lowest BCUT2D eigenvalue weighted by molar-refractivity contribution is 0.155. The number of fused-ring (bicyclic) bond motifs is 1. The highest BCUT2D eigenvalue weighted by molar-refractivity contribution is 6.31. The second kappa shape index (κ2) is 8.17. The van der Waals surface area contributed by atoms with E-state index in [1.165, 1.54) is 5.57 Å². The van der Waals surface area contributed by atoms with E-state index in [1.54, 1.807) is 0 Å². The summed E-state index contributed by atoms with van der Waals surface area (Å²) in [4.78, 5) is 9.59. The van der Waals surface area contributed by atoms with Gasteiger partial charge in [0.2, 0.25) is 0 Å². The first-order valence-electron chi connectivity index (χ1n) is 8.86. The van der Waals surface area contributed by atoms with Gasteiger partial charge in [-0.15, -0.1) is 0 Å². The summed E-state index contributed by atoms with van der Waals surface area (Å²) in [5.41, 5.74) is 2.30. The minimum atomic E-state index is 0.216. The molecule has 0 aliphatic carbocycles. The van der Waals surface area contributed by atoms with Crippen LogP contribution in [0, 0.1) is 0 Å². The first-order chi connectivity index (χ1) is 12.1. The maximum atomic E-state index is 9.45. The maximum absolute atomic E-state index is 9.45. The summed E-state index contributed by atoms with van der Waals surface area (Å²) in [7, 11) is 0. The van der Waals surface area contributed by atoms with Gasteiger partial charge in [-0.2, -0.15) is 0 Å². The minimum Gasteiger partial charge on any atom is -0.396 e. The largest absolute Gasteiger partial charge is 0.396 e. The highest BCUT2D eigenvalue weighted by Crippen LogP contribution is 2.24. The van der Waals surface area contributed by atoms with Gasteiger partial charge in [0, 0.05) is 49.2 Å². The number of aliphatic hydroxyl groups excluding tert-OH is 1. The molecule has 3 rings (SSSR count). The van der Waals surface area contributed by atoms with E-state index in [-0.39, 0.29) is 6.61 Å². The Morgan fingerprint density at radius 3 is 2.88 bits per heavy atom. The van der Waals surface area contributed by atoms with E-state index >= 15 is 0 Å². The number of pyridine rings is 1. The number of anilines is 1. The van der Waals surface area contributed by atoms with Crippen LogP contribution in [0.1, 0.15) is 20.3 Å². The van der Waals surface area contributed by atoms with Crippen molar-refractivity contribution in [2.45, 2.75) is 26.3 Å². The monoisotopic (exact) mass is 359 g/mol. The Morgan fingerprint density at radius 1 is 1.28 bits per heavy atom. The zero-order valence-corrected chi connectivity index (χ0v) is 15.7. The summed E-state index contributed by atoms with van der Waals surface area (Å²) in [5, 5.41) is 11.2. The van der Waals surface area contributed by atoms with Crippen molar-refractivity contribution in [2.24, 2.45) is 0 Å². The maximum Gasteiger partial charge on any atom is 0.129 e. The molecule has 1 aliphatic heterocycles. The molecule has 0 radical (unpaired) electrons. The predicted octanol–water partition coefficient (Wildman–Crippen LogP) is 3.73. The van der Waals surface area contributed by atoms with Crippen molar-refractivity contribution in [3.63, 3.8) is 0 Å². The highest BCUT2D eigenvalue weighted by atomic mass is 35.5. The molecule has 0 unspecified atom stereocenters. The Labute approximate surface area is 154 Å². The van der Waals surface area contributed by atoms with Gasteiger partial charge in [0.15, 0.2) is 0 Å². The number of piperazine rings is 1. The number of hydrogen-bond acceptors (Lipinski definition) is 4. The number of benzene rings is 1. The van der Waals surface area contributed by atoms with Crippen LogP contribution in [0.2, 0.25) is 5.02 Å². The average molecular weight is 360 g/mol. The van der Waals surface area contributed by atoms with E-state index < -0.39 is 0 Å². The standard InChI is InChI=1S/C20H26ClN3O/c1-15(2)7-9-23-10-11-24(14-18(23)8-12-25)20-6-3-16-13-17(21)4-5-19(16)22-20/h3-7,13,18,25H,8-12,14H2,1-2H3/t18-/m0/s1. The molecule has 1 fully saturated rings. The molecule has 25 heavy (non-hydrogen) atoms. The van der Waals surface area contributed by atoms with Crippen LogP contribution >= 0.6 is 11.6 Å². The van der Waals surface area contributed by atoms with Crippen LogP contribution in [0.5, 0.6) is 0 Å². The highest BCUT2D eigenvalue weighted by Gasteiger charge is 2.26. The molecular weight excluding hydrogens is 334 g/mol. The topological polar surface area (TPSA) is 39.6 Å². The first-order valence-corrected chi connectivity index (χ1v) is 9.24. The first kappa shape index (κ1) is 18.2. The molecule has 1 aliphatic rings. The zero-order valence-electron chi connectivity index (χ0n) is 15.0. The predicted molar refractivity (Wildman–Crippen MR) is 105 cm³/mol. The normalized spacial score (nSPS) is 18.6. The number of rotatable bonds is 5. The van der Waals surface area contributed by atoms with Gasteiger partial charge < -0.3 is 10.0 Å². The number of hydrogen-bond donors (Lipinski definition) is 1. The lowest BCUT2D eigenvalue weighted by atomic mass is 10.1. The molecule has 4 nitrogen and oxygen atoms in total. The van der Waals surface area contributed by atoms with Gasteiger partial charge in [-0.05, 0) is 50.6 Å². The Morgan fingerprint density at radius 2 is 2.12 bits per heavy atom. The fourth-order valence-electron chi connectivity index (χ4n) is 3.33. The molecule has 134 valence electrons. The molecule has 0 amide bonds. The number of nitrogens with zero attached hydrogens (tertiary/aromatic N) is 3. The van der Waals surface area contributed by atoms with E-state index in [2.05, 4.69) is 41.9 Å². The van der Waals surface area contributed by atoms with Crippen molar-refractivity contribution in [1.29, 1.82) is 0 Å². The van der Waals surface area contributed by atoms with E-state index in [4.69, 9.17) is 16.6 Å². The third-order valence-electron chi connectivity index (χ3n) is 4.76. The van der Waals surface area contributed by atoms with E-state index in [0.29, 0.717) is 6.04 Å². The molecule has 1 aromatic heterocycles. The number of allylic oxidation sites excluding steroid dienone is 1. The Kier molecular flexibility index (Phi) is 5.94. The lowest BCUT2D eigenvalue weighted by Gasteiger charge is -2.41. The third kappa shape index (κ3) is 4.51. The van der Waals surface area contributed by atoms with Crippen LogP contribution < -0.4 is 4.90 Å². The fourth-order valence-corrected chi connectivity index (χ4v) is 3.51. The van der Waals surface area contributed by atoms with Gasteiger partial charge in [0.25, 0.3) is 0 Å². The van der Waals surface area contributed by atoms with Gasteiger partial charge in [-0.25, -0.2) is 4.98 Å². The van der Waals surface area contributed by atoms with Gasteiger partial charge in [-0.3, -0.25) is 4.90 Å². The molecule has 2 aromatic rings. The van der Waals surface area contributed by atoms with Crippen molar-refractivity contribution in [2.75, 3.05) is 37.7 Å². The summed E-state index contributed by atoms with van der Waals surface area (Å²) >= 11 is 6.06. The molecule has 0 spiro atoms. The van der Waals surface area contributed by atoms with Crippen LogP contribution in [-0.2, 0) is 0 Å². The summed E-state index contributed by atoms with van der Waals surface area (Å²) in [6.07, 6.45) is 3.05. The Hall–Kier alpha value is -1.62.